The topological polar surface area (TPSA) is 175 Å². The zero-order chi connectivity index (χ0) is 30.9. The summed E-state index contributed by atoms with van der Waals surface area (Å²) in [5.74, 6) is -1.57. The number of benzene rings is 1. The van der Waals surface area contributed by atoms with E-state index in [1.54, 1.807) is 44.4 Å². The number of oxime groups is 1. The average molecular weight is 663 g/mol. The Bertz CT molecular complexity index is 1680. The first-order valence-corrected chi connectivity index (χ1v) is 16.2. The van der Waals surface area contributed by atoms with Gasteiger partial charge in [0, 0.05) is 16.0 Å². The molecule has 2 aliphatic rings. The molecule has 1 unspecified atom stereocenters. The van der Waals surface area contributed by atoms with Crippen molar-refractivity contribution in [1.29, 1.82) is 0 Å². The molecular weight excluding hydrogens is 637 g/mol. The van der Waals surface area contributed by atoms with Gasteiger partial charge in [0.1, 0.15) is 18.5 Å². The zero-order valence-electron chi connectivity index (χ0n) is 23.4. The minimum Gasteiger partial charge on any atom is -0.427 e. The molecule has 0 radical (unpaired) electrons. The maximum absolute atomic E-state index is 13.2. The molecule has 3 aromatic rings. The summed E-state index contributed by atoms with van der Waals surface area (Å²) in [4.78, 5) is 66.5. The second-order valence-electron chi connectivity index (χ2n) is 10.1. The summed E-state index contributed by atoms with van der Waals surface area (Å²) >= 11 is 5.26. The summed E-state index contributed by atoms with van der Waals surface area (Å²) in [5, 5.41) is 8.40. The van der Waals surface area contributed by atoms with Crippen LogP contribution in [0.2, 0.25) is 0 Å². The van der Waals surface area contributed by atoms with Gasteiger partial charge < -0.3 is 25.4 Å². The summed E-state index contributed by atoms with van der Waals surface area (Å²) in [5.41, 5.74) is 6.43. The molecule has 2 aliphatic heterocycles. The number of β-lactam (4-membered cyclic amide) rings is 1. The standard InChI is InChI=1S/C26H26N6O7S4/c1-26(2,3)23(36)39-11-38-22(35)19-15(10-40-17-8-16(33)32(17)19)42-25-30-13-7-5-6-12(20(13)43-25)28-21(34)18(31-37-4)14-9-41-24(27)29-14/h5-7,9,17H,8,10-11H2,1-4H3,(H2,27,29)(H,28,34)/b31-18-. The molecule has 1 saturated heterocycles. The van der Waals surface area contributed by atoms with Gasteiger partial charge in [-0.05, 0) is 32.9 Å². The Balaban J connectivity index is 1.38. The number of amides is 2. The number of hydrogen-bond donors (Lipinski definition) is 2. The number of aromatic nitrogens is 2. The van der Waals surface area contributed by atoms with Crippen LogP contribution >= 0.6 is 46.2 Å². The maximum atomic E-state index is 13.2. The van der Waals surface area contributed by atoms with Gasteiger partial charge in [-0.2, -0.15) is 0 Å². The molecule has 13 nitrogen and oxygen atoms in total. The number of carbonyl (C=O) groups excluding carboxylic acids is 4. The van der Waals surface area contributed by atoms with Crippen LogP contribution in [-0.4, -0.2) is 69.4 Å². The normalized spacial score (nSPS) is 16.9. The van der Waals surface area contributed by atoms with Gasteiger partial charge in [0.15, 0.2) is 15.2 Å². The van der Waals surface area contributed by atoms with Gasteiger partial charge in [-0.1, -0.05) is 23.0 Å². The molecule has 1 atom stereocenters. The second kappa shape index (κ2) is 12.5. The largest absolute Gasteiger partial charge is 0.427 e. The Morgan fingerprint density at radius 1 is 1.23 bits per heavy atom. The number of nitrogens with zero attached hydrogens (tertiary/aromatic N) is 4. The lowest BCUT2D eigenvalue weighted by molar-refractivity contribution is -0.173. The fourth-order valence-electron chi connectivity index (χ4n) is 3.93. The molecule has 43 heavy (non-hydrogen) atoms. The van der Waals surface area contributed by atoms with Gasteiger partial charge in [-0.15, -0.1) is 34.4 Å². The van der Waals surface area contributed by atoms with Crippen molar-refractivity contribution >= 4 is 96.7 Å². The quantitative estimate of drug-likeness (QED) is 0.111. The van der Waals surface area contributed by atoms with E-state index in [1.165, 1.54) is 58.2 Å². The van der Waals surface area contributed by atoms with E-state index in [4.69, 9.17) is 20.0 Å². The molecule has 4 heterocycles. The second-order valence-corrected chi connectivity index (χ2v) is 14.5. The van der Waals surface area contributed by atoms with Gasteiger partial charge >= 0.3 is 11.9 Å². The lowest BCUT2D eigenvalue weighted by Gasteiger charge is -2.44. The number of nitrogens with one attached hydrogen (secondary N) is 1. The van der Waals surface area contributed by atoms with Crippen LogP contribution < -0.4 is 11.1 Å². The third kappa shape index (κ3) is 6.63. The molecule has 0 saturated carbocycles. The molecule has 226 valence electrons. The Kier molecular flexibility index (Phi) is 8.96. The van der Waals surface area contributed by atoms with E-state index in [2.05, 4.69) is 20.4 Å². The zero-order valence-corrected chi connectivity index (χ0v) is 26.6. The molecular formula is C26H26N6O7S4. The van der Waals surface area contributed by atoms with Crippen LogP contribution in [0.4, 0.5) is 10.8 Å². The third-order valence-electron chi connectivity index (χ3n) is 6.02. The van der Waals surface area contributed by atoms with E-state index in [0.29, 0.717) is 37.3 Å². The van der Waals surface area contributed by atoms with E-state index in [0.717, 1.165) is 0 Å². The van der Waals surface area contributed by atoms with Gasteiger partial charge in [-0.25, -0.2) is 14.8 Å². The molecule has 0 bridgehead atoms. The van der Waals surface area contributed by atoms with E-state index < -0.39 is 30.1 Å². The molecule has 0 aliphatic carbocycles. The molecule has 5 rings (SSSR count). The Labute approximate surface area is 262 Å². The van der Waals surface area contributed by atoms with Crippen LogP contribution in [0.15, 0.2) is 43.7 Å². The molecule has 0 spiro atoms. The lowest BCUT2D eigenvalue weighted by Crippen LogP contribution is -2.54. The summed E-state index contributed by atoms with van der Waals surface area (Å²) in [6.07, 6.45) is 0.324. The molecule has 3 N–H and O–H groups in total. The first kappa shape index (κ1) is 30.8. The van der Waals surface area contributed by atoms with Crippen molar-refractivity contribution in [1.82, 2.24) is 14.9 Å². The fourth-order valence-corrected chi connectivity index (χ4v) is 8.14. The summed E-state index contributed by atoms with van der Waals surface area (Å²) < 4.78 is 11.6. The van der Waals surface area contributed by atoms with Crippen LogP contribution in [0.5, 0.6) is 0 Å². The van der Waals surface area contributed by atoms with Crippen LogP contribution in [-0.2, 0) is 33.5 Å². The molecule has 1 aromatic carbocycles. The van der Waals surface area contributed by atoms with E-state index in [9.17, 15) is 19.2 Å². The SMILES string of the molecule is CO/N=C(\C(=O)Nc1cccc2nc(SC3=C(C(=O)OCOC(=O)C(C)(C)C)N4C(=O)CC4SC3)sc12)c1csc(N)n1. The number of hydrogen-bond acceptors (Lipinski definition) is 15. The molecule has 2 aromatic heterocycles. The van der Waals surface area contributed by atoms with Crippen LogP contribution in [0.25, 0.3) is 10.2 Å². The number of fused-ring (bicyclic) bond motifs is 2. The molecule has 17 heteroatoms. The fraction of sp³-hybridized carbons (Fsp3) is 0.346. The number of esters is 2. The van der Waals surface area contributed by atoms with Crippen LogP contribution in [0, 0.1) is 5.41 Å². The van der Waals surface area contributed by atoms with Crippen molar-refractivity contribution in [2.75, 3.05) is 30.7 Å². The maximum Gasteiger partial charge on any atom is 0.358 e. The van der Waals surface area contributed by atoms with Crippen molar-refractivity contribution in [3.63, 3.8) is 0 Å². The van der Waals surface area contributed by atoms with E-state index in [1.807, 2.05) is 0 Å². The highest BCUT2D eigenvalue weighted by Crippen LogP contribution is 2.47. The minimum absolute atomic E-state index is 0.0407. The Morgan fingerprint density at radius 3 is 2.70 bits per heavy atom. The van der Waals surface area contributed by atoms with Crippen molar-refractivity contribution in [3.05, 3.63) is 39.9 Å². The van der Waals surface area contributed by atoms with Crippen molar-refractivity contribution in [2.24, 2.45) is 10.6 Å². The summed E-state index contributed by atoms with van der Waals surface area (Å²) in [7, 11) is 1.33. The van der Waals surface area contributed by atoms with E-state index in [-0.39, 0.29) is 33.5 Å². The lowest BCUT2D eigenvalue weighted by atomic mass is 9.98. The van der Waals surface area contributed by atoms with Gasteiger partial charge in [0.2, 0.25) is 12.7 Å². The number of thioether (sulfide) groups is 2. The monoisotopic (exact) mass is 662 g/mol. The summed E-state index contributed by atoms with van der Waals surface area (Å²) in [6.45, 7) is 4.50. The van der Waals surface area contributed by atoms with Crippen molar-refractivity contribution in [2.45, 2.75) is 36.9 Å². The molecule has 1 fully saturated rings. The number of rotatable bonds is 9. The first-order valence-electron chi connectivity index (χ1n) is 12.7. The highest BCUT2D eigenvalue weighted by Gasteiger charge is 2.46. The molecule has 2 amide bonds. The average Bonchev–Trinajstić information content (AvgIpc) is 3.57. The predicted molar refractivity (Wildman–Crippen MR) is 165 cm³/mol. The smallest absolute Gasteiger partial charge is 0.358 e. The highest BCUT2D eigenvalue weighted by atomic mass is 32.2. The van der Waals surface area contributed by atoms with E-state index >= 15 is 0 Å². The number of carbonyl (C=O) groups is 4. The van der Waals surface area contributed by atoms with Crippen LogP contribution in [0.1, 0.15) is 32.9 Å². The highest BCUT2D eigenvalue weighted by molar-refractivity contribution is 8.07. The number of nitrogen functional groups attached to an aromatic ring is 1. The van der Waals surface area contributed by atoms with Gasteiger partial charge in [0.05, 0.1) is 33.1 Å². The predicted octanol–water partition coefficient (Wildman–Crippen LogP) is 4.02. The number of ether oxygens (including phenoxy) is 2. The van der Waals surface area contributed by atoms with Gasteiger partial charge in [0.25, 0.3) is 5.91 Å². The van der Waals surface area contributed by atoms with Crippen LogP contribution in [0.3, 0.4) is 0 Å². The number of anilines is 2. The first-order chi connectivity index (χ1) is 20.5. The van der Waals surface area contributed by atoms with Crippen molar-refractivity contribution < 1.29 is 33.5 Å². The number of nitrogens with two attached hydrogens (primary N) is 1. The Morgan fingerprint density at radius 2 is 2.02 bits per heavy atom. The van der Waals surface area contributed by atoms with Crippen molar-refractivity contribution in [3.8, 4) is 0 Å². The third-order valence-corrected chi connectivity index (χ3v) is 10.3. The van der Waals surface area contributed by atoms with Gasteiger partial charge in [-0.3, -0.25) is 19.3 Å². The summed E-state index contributed by atoms with van der Waals surface area (Å²) in [6, 6.07) is 5.28. The Hall–Kier alpha value is -3.67. The number of thiazole rings is 2. The minimum atomic E-state index is -0.760.